The van der Waals surface area contributed by atoms with Crippen LogP contribution in [0.2, 0.25) is 0 Å². The van der Waals surface area contributed by atoms with Crippen molar-refractivity contribution in [2.24, 2.45) is 0 Å². The fourth-order valence-corrected chi connectivity index (χ4v) is 1.64. The lowest BCUT2D eigenvalue weighted by molar-refractivity contribution is -0.413. The summed E-state index contributed by atoms with van der Waals surface area (Å²) in [4.78, 5) is 10.8. The maximum absolute atomic E-state index is 13.7. The quantitative estimate of drug-likeness (QED) is 0.676. The maximum Gasteiger partial charge on any atom is 0.456 e. The molecule has 1 aliphatic rings. The Bertz CT molecular complexity index is 443. The van der Waals surface area contributed by atoms with Crippen LogP contribution in [0.5, 0.6) is 0 Å². The summed E-state index contributed by atoms with van der Waals surface area (Å²) < 4.78 is 134. The van der Waals surface area contributed by atoms with E-state index in [4.69, 9.17) is 0 Å². The van der Waals surface area contributed by atoms with E-state index in [0.717, 1.165) is 0 Å². The van der Waals surface area contributed by atoms with Crippen LogP contribution in [-0.4, -0.2) is 49.0 Å². The summed E-state index contributed by atoms with van der Waals surface area (Å²) in [5, 5.41) is 0. The van der Waals surface area contributed by atoms with Crippen LogP contribution in [0.3, 0.4) is 0 Å². The molecule has 2 unspecified atom stereocenters. The molecule has 0 aromatic rings. The number of ketones is 1. The lowest BCUT2D eigenvalue weighted by atomic mass is 10.1. The molecule has 1 saturated heterocycles. The van der Waals surface area contributed by atoms with Gasteiger partial charge in [-0.25, -0.2) is 8.78 Å². The number of hydrogen-bond acceptors (Lipinski definition) is 3. The van der Waals surface area contributed by atoms with Gasteiger partial charge in [0.05, 0.1) is 0 Å². The topological polar surface area (TPSA) is 35.5 Å². The molecule has 1 heterocycles. The summed E-state index contributed by atoms with van der Waals surface area (Å²) >= 11 is 0. The maximum atomic E-state index is 13.7. The Hall–Kier alpha value is -1.11. The molecule has 0 aromatic heterocycles. The van der Waals surface area contributed by atoms with Crippen molar-refractivity contribution in [1.29, 1.82) is 0 Å². The molecule has 1 aliphatic heterocycles. The van der Waals surface area contributed by atoms with Crippen LogP contribution in [0.4, 0.5) is 43.9 Å². The molecule has 0 saturated carbocycles. The highest BCUT2D eigenvalue weighted by molar-refractivity contribution is 5.93. The fourth-order valence-electron chi connectivity index (χ4n) is 1.64. The van der Waals surface area contributed by atoms with Crippen LogP contribution in [0.1, 0.15) is 12.8 Å². The molecule has 1 rings (SSSR count). The number of halogens is 10. The largest absolute Gasteiger partial charge is 0.456 e. The molecule has 2 atom stereocenters. The lowest BCUT2D eigenvalue weighted by Gasteiger charge is -2.33. The van der Waals surface area contributed by atoms with Gasteiger partial charge in [0.1, 0.15) is 6.10 Å². The molecule has 0 aliphatic carbocycles. The van der Waals surface area contributed by atoms with E-state index in [1.54, 1.807) is 0 Å². The molecular weight excluding hydrogens is 358 g/mol. The Morgan fingerprint density at radius 3 is 1.91 bits per heavy atom. The molecule has 3 nitrogen and oxygen atoms in total. The second-order valence-electron chi connectivity index (χ2n) is 4.51. The normalized spacial score (nSPS) is 23.2. The Morgan fingerprint density at radius 2 is 1.57 bits per heavy atom. The van der Waals surface area contributed by atoms with Crippen LogP contribution in [-0.2, 0) is 14.3 Å². The third-order valence-corrected chi connectivity index (χ3v) is 2.81. The Morgan fingerprint density at radius 1 is 1.04 bits per heavy atom. The first-order chi connectivity index (χ1) is 10.2. The summed E-state index contributed by atoms with van der Waals surface area (Å²) in [6, 6.07) is 0. The average molecular weight is 366 g/mol. The molecule has 0 amide bonds. The zero-order valence-corrected chi connectivity index (χ0v) is 10.8. The van der Waals surface area contributed by atoms with Gasteiger partial charge in [0.25, 0.3) is 5.78 Å². The van der Waals surface area contributed by atoms with E-state index in [1.165, 1.54) is 0 Å². The average Bonchev–Trinajstić information content (AvgIpc) is 2.90. The second kappa shape index (κ2) is 6.07. The highest BCUT2D eigenvalue weighted by atomic mass is 19.4. The minimum absolute atomic E-state index is 0.0872. The van der Waals surface area contributed by atoms with Crippen LogP contribution in [0.25, 0.3) is 0 Å². The first-order valence-electron chi connectivity index (χ1n) is 5.82. The van der Waals surface area contributed by atoms with E-state index < -0.39 is 48.8 Å². The first-order valence-corrected chi connectivity index (χ1v) is 5.82. The number of ether oxygens (including phenoxy) is 2. The minimum atomic E-state index is -6.76. The van der Waals surface area contributed by atoms with Crippen LogP contribution >= 0.6 is 0 Å². The number of Topliss-reactive ketones (excluding diaryl/α,β-unsaturated/α-hetero) is 1. The number of carbonyl (C=O) groups excluding carboxylic acids is 1. The fraction of sp³-hybridized carbons (Fsp3) is 0.900. The number of rotatable bonds is 6. The predicted molar refractivity (Wildman–Crippen MR) is 50.9 cm³/mol. The molecule has 0 radical (unpaired) electrons. The number of alkyl halides is 10. The van der Waals surface area contributed by atoms with Gasteiger partial charge in [-0.15, -0.1) is 0 Å². The van der Waals surface area contributed by atoms with Gasteiger partial charge in [-0.1, -0.05) is 0 Å². The number of hydrogen-bond donors (Lipinski definition) is 0. The van der Waals surface area contributed by atoms with Crippen molar-refractivity contribution in [1.82, 2.24) is 0 Å². The van der Waals surface area contributed by atoms with Gasteiger partial charge >= 0.3 is 30.5 Å². The van der Waals surface area contributed by atoms with Crippen molar-refractivity contribution in [3.63, 3.8) is 0 Å². The highest BCUT2D eigenvalue weighted by Gasteiger charge is 2.74. The molecule has 0 spiro atoms. The summed E-state index contributed by atoms with van der Waals surface area (Å²) in [5.41, 5.74) is 0. The van der Waals surface area contributed by atoms with Crippen LogP contribution < -0.4 is 0 Å². The van der Waals surface area contributed by atoms with Gasteiger partial charge in [0.15, 0.2) is 0 Å². The van der Waals surface area contributed by atoms with Gasteiger partial charge in [-0.2, -0.15) is 35.1 Å². The zero-order chi connectivity index (χ0) is 18.3. The van der Waals surface area contributed by atoms with Crippen molar-refractivity contribution in [3.05, 3.63) is 0 Å². The third kappa shape index (κ3) is 3.70. The Balaban J connectivity index is 3.20. The summed E-state index contributed by atoms with van der Waals surface area (Å²) in [5.74, 6) is -16.7. The summed E-state index contributed by atoms with van der Waals surface area (Å²) in [7, 11) is 0. The van der Waals surface area contributed by atoms with E-state index in [2.05, 4.69) is 9.47 Å². The van der Waals surface area contributed by atoms with Crippen molar-refractivity contribution in [2.75, 3.05) is 6.61 Å². The lowest BCUT2D eigenvalue weighted by Crippen LogP contribution is -2.62. The van der Waals surface area contributed by atoms with E-state index in [1.807, 2.05) is 0 Å². The van der Waals surface area contributed by atoms with Crippen molar-refractivity contribution < 1.29 is 58.2 Å². The third-order valence-electron chi connectivity index (χ3n) is 2.81. The van der Waals surface area contributed by atoms with Gasteiger partial charge in [0.2, 0.25) is 0 Å². The van der Waals surface area contributed by atoms with Gasteiger partial charge in [-0.3, -0.25) is 9.53 Å². The van der Waals surface area contributed by atoms with E-state index in [9.17, 15) is 48.7 Å². The molecule has 1 fully saturated rings. The van der Waals surface area contributed by atoms with Crippen molar-refractivity contribution in [3.8, 4) is 0 Å². The zero-order valence-electron chi connectivity index (χ0n) is 10.8. The molecule has 23 heavy (non-hydrogen) atoms. The smallest absolute Gasteiger partial charge is 0.369 e. The van der Waals surface area contributed by atoms with Crippen molar-refractivity contribution >= 4 is 5.78 Å². The predicted octanol–water partition coefficient (Wildman–Crippen LogP) is 3.47. The van der Waals surface area contributed by atoms with Gasteiger partial charge < -0.3 is 4.74 Å². The Kier molecular flexibility index (Phi) is 5.26. The summed E-state index contributed by atoms with van der Waals surface area (Å²) in [6.45, 7) is -0.365. The van der Waals surface area contributed by atoms with Crippen LogP contribution in [0.15, 0.2) is 0 Å². The van der Waals surface area contributed by atoms with Crippen molar-refractivity contribution in [2.45, 2.75) is 49.4 Å². The van der Waals surface area contributed by atoms with E-state index in [-0.39, 0.29) is 13.0 Å². The molecule has 136 valence electrons. The monoisotopic (exact) mass is 366 g/mol. The Labute approximate surface area is 121 Å². The number of carbonyl (C=O) groups is 1. The van der Waals surface area contributed by atoms with E-state index >= 15 is 0 Å². The standard InChI is InChI=1S/C10H8F10O3/c11-6(12)7(13,14)5(21)8(15,10(18,19)20)23-9(16,17)4-2-1-3-22-4/h4,6H,1-3H2. The second-order valence-corrected chi connectivity index (χ2v) is 4.51. The minimum Gasteiger partial charge on any atom is -0.369 e. The van der Waals surface area contributed by atoms with Gasteiger partial charge in [-0.05, 0) is 12.8 Å². The first kappa shape index (κ1) is 19.9. The van der Waals surface area contributed by atoms with E-state index in [0.29, 0.717) is 0 Å². The molecule has 13 heteroatoms. The SMILES string of the molecule is O=C(C(F)(F)C(F)F)C(F)(OC(F)(F)C1CCCO1)C(F)(F)F. The molecule has 0 bridgehead atoms. The highest BCUT2D eigenvalue weighted by Crippen LogP contribution is 2.46. The van der Waals surface area contributed by atoms with Gasteiger partial charge in [0, 0.05) is 6.61 Å². The molecular formula is C10H8F10O3. The molecule has 0 N–H and O–H groups in total. The summed E-state index contributed by atoms with van der Waals surface area (Å²) in [6.07, 6.45) is -20.1. The molecule has 0 aromatic carbocycles. The van der Waals surface area contributed by atoms with Crippen LogP contribution in [0, 0.1) is 0 Å².